The quantitative estimate of drug-likeness (QED) is 0.780. The van der Waals surface area contributed by atoms with Gasteiger partial charge in [-0.15, -0.1) is 12.4 Å². The Kier molecular flexibility index (Phi) is 5.70. The van der Waals surface area contributed by atoms with Gasteiger partial charge in [0.25, 0.3) is 0 Å². The van der Waals surface area contributed by atoms with Gasteiger partial charge in [0, 0.05) is 44.7 Å². The lowest BCUT2D eigenvalue weighted by atomic mass is 9.70. The van der Waals surface area contributed by atoms with Gasteiger partial charge in [0.15, 0.2) is 0 Å². The van der Waals surface area contributed by atoms with E-state index in [-0.39, 0.29) is 23.7 Å². The number of halogens is 1. The van der Waals surface area contributed by atoms with Crippen LogP contribution in [0.25, 0.3) is 0 Å². The summed E-state index contributed by atoms with van der Waals surface area (Å²) in [6.07, 6.45) is 3.33. The van der Waals surface area contributed by atoms with Crippen LogP contribution in [0.5, 0.6) is 0 Å². The van der Waals surface area contributed by atoms with Crippen LogP contribution in [0.2, 0.25) is 0 Å². The highest BCUT2D eigenvalue weighted by Gasteiger charge is 2.38. The number of nitrogens with zero attached hydrogens (tertiary/aromatic N) is 1. The maximum atomic E-state index is 11.8. The maximum absolute atomic E-state index is 11.8. The molecule has 1 saturated carbocycles. The summed E-state index contributed by atoms with van der Waals surface area (Å²) in [5.74, 6) is 0.258. The average Bonchev–Trinajstić information content (AvgIpc) is 2.27. The molecule has 0 bridgehead atoms. The zero-order chi connectivity index (χ0) is 11.4. The van der Waals surface area contributed by atoms with Gasteiger partial charge in [0.1, 0.15) is 0 Å². The zero-order valence-corrected chi connectivity index (χ0v) is 11.4. The second-order valence-corrected chi connectivity index (χ2v) is 5.26. The lowest BCUT2D eigenvalue weighted by Crippen LogP contribution is -2.48. The molecule has 1 heterocycles. The molecular weight excluding hydrogens is 238 g/mol. The van der Waals surface area contributed by atoms with E-state index < -0.39 is 0 Å². The van der Waals surface area contributed by atoms with Crippen LogP contribution in [0.15, 0.2) is 0 Å². The van der Waals surface area contributed by atoms with Crippen LogP contribution in [0.4, 0.5) is 0 Å². The van der Waals surface area contributed by atoms with Gasteiger partial charge in [-0.3, -0.25) is 9.69 Å². The molecule has 0 spiro atoms. The molecule has 4 nitrogen and oxygen atoms in total. The Morgan fingerprint density at radius 1 is 1.35 bits per heavy atom. The van der Waals surface area contributed by atoms with E-state index in [1.165, 1.54) is 6.42 Å². The van der Waals surface area contributed by atoms with E-state index in [2.05, 4.69) is 22.5 Å². The van der Waals surface area contributed by atoms with Crippen LogP contribution in [0.1, 0.15) is 26.2 Å². The first kappa shape index (κ1) is 14.7. The minimum atomic E-state index is -0.0521. The zero-order valence-electron chi connectivity index (χ0n) is 10.6. The number of carbonyl (C=O) groups excluding carboxylic acids is 1. The topological polar surface area (TPSA) is 44.4 Å². The van der Waals surface area contributed by atoms with Crippen molar-refractivity contribution in [3.63, 3.8) is 0 Å². The SMILES string of the molecule is CC1(C(=O)NCCN2CCNCC2)CCC1.Cl. The first-order chi connectivity index (χ1) is 7.71. The summed E-state index contributed by atoms with van der Waals surface area (Å²) in [6, 6.07) is 0. The van der Waals surface area contributed by atoms with Crippen LogP contribution >= 0.6 is 12.4 Å². The van der Waals surface area contributed by atoms with Gasteiger partial charge in [0.05, 0.1) is 0 Å². The highest BCUT2D eigenvalue weighted by Crippen LogP contribution is 2.40. The average molecular weight is 262 g/mol. The number of rotatable bonds is 4. The minimum Gasteiger partial charge on any atom is -0.354 e. The fourth-order valence-corrected chi connectivity index (χ4v) is 2.41. The summed E-state index contributed by atoms with van der Waals surface area (Å²) in [5.41, 5.74) is -0.0521. The van der Waals surface area contributed by atoms with Crippen LogP contribution < -0.4 is 10.6 Å². The molecule has 0 unspecified atom stereocenters. The van der Waals surface area contributed by atoms with Gasteiger partial charge in [-0.2, -0.15) is 0 Å². The summed E-state index contributed by atoms with van der Waals surface area (Å²) in [5, 5.41) is 6.40. The van der Waals surface area contributed by atoms with Gasteiger partial charge in [-0.1, -0.05) is 13.3 Å². The lowest BCUT2D eigenvalue weighted by molar-refractivity contribution is -0.134. The normalized spacial score (nSPS) is 23.4. The Hall–Kier alpha value is -0.320. The molecule has 5 heteroatoms. The summed E-state index contributed by atoms with van der Waals surface area (Å²) < 4.78 is 0. The van der Waals surface area contributed by atoms with Crippen molar-refractivity contribution in [3.05, 3.63) is 0 Å². The third kappa shape index (κ3) is 3.83. The van der Waals surface area contributed by atoms with Crippen LogP contribution in [-0.2, 0) is 4.79 Å². The molecule has 0 aromatic heterocycles. The fourth-order valence-electron chi connectivity index (χ4n) is 2.41. The Morgan fingerprint density at radius 2 is 2.00 bits per heavy atom. The van der Waals surface area contributed by atoms with E-state index in [1.54, 1.807) is 0 Å². The van der Waals surface area contributed by atoms with Gasteiger partial charge in [0.2, 0.25) is 5.91 Å². The second kappa shape index (κ2) is 6.57. The van der Waals surface area contributed by atoms with Crippen molar-refractivity contribution in [1.29, 1.82) is 0 Å². The highest BCUT2D eigenvalue weighted by molar-refractivity contribution is 5.85. The van der Waals surface area contributed by atoms with E-state index in [0.717, 1.165) is 52.1 Å². The monoisotopic (exact) mass is 261 g/mol. The van der Waals surface area contributed by atoms with Crippen molar-refractivity contribution in [2.45, 2.75) is 26.2 Å². The van der Waals surface area contributed by atoms with Crippen molar-refractivity contribution in [3.8, 4) is 0 Å². The molecule has 1 aliphatic carbocycles. The molecule has 0 aromatic rings. The maximum Gasteiger partial charge on any atom is 0.225 e. The molecule has 1 saturated heterocycles. The predicted molar refractivity (Wildman–Crippen MR) is 71.5 cm³/mol. The highest BCUT2D eigenvalue weighted by atomic mass is 35.5. The number of carbonyl (C=O) groups is 1. The molecule has 0 aromatic carbocycles. The third-order valence-electron chi connectivity index (χ3n) is 3.93. The standard InChI is InChI=1S/C12H23N3O.ClH/c1-12(3-2-4-12)11(16)14-7-10-15-8-5-13-6-9-15;/h13H,2-10H2,1H3,(H,14,16);1H. The van der Waals surface area contributed by atoms with Gasteiger partial charge in [-0.05, 0) is 12.8 Å². The molecule has 2 N–H and O–H groups in total. The molecule has 2 fully saturated rings. The number of hydrogen-bond donors (Lipinski definition) is 2. The van der Waals surface area contributed by atoms with Gasteiger partial charge in [-0.25, -0.2) is 0 Å². The molecule has 1 amide bonds. The molecule has 1 aliphatic heterocycles. The number of piperazine rings is 1. The van der Waals surface area contributed by atoms with Gasteiger partial charge < -0.3 is 10.6 Å². The van der Waals surface area contributed by atoms with E-state index in [0.29, 0.717) is 0 Å². The van der Waals surface area contributed by atoms with E-state index in [9.17, 15) is 4.79 Å². The van der Waals surface area contributed by atoms with Crippen molar-refractivity contribution < 1.29 is 4.79 Å². The summed E-state index contributed by atoms with van der Waals surface area (Å²) >= 11 is 0. The summed E-state index contributed by atoms with van der Waals surface area (Å²) in [4.78, 5) is 14.2. The molecule has 100 valence electrons. The summed E-state index contributed by atoms with van der Waals surface area (Å²) in [7, 11) is 0. The third-order valence-corrected chi connectivity index (χ3v) is 3.93. The lowest BCUT2D eigenvalue weighted by Gasteiger charge is -2.36. The predicted octanol–water partition coefficient (Wildman–Crippen LogP) is 0.620. The smallest absolute Gasteiger partial charge is 0.225 e. The number of nitrogens with one attached hydrogen (secondary N) is 2. The Balaban J connectivity index is 0.00000144. The van der Waals surface area contributed by atoms with Gasteiger partial charge >= 0.3 is 0 Å². The molecule has 17 heavy (non-hydrogen) atoms. The van der Waals surface area contributed by atoms with E-state index >= 15 is 0 Å². The number of hydrogen-bond acceptors (Lipinski definition) is 3. The Labute approximate surface area is 110 Å². The summed E-state index contributed by atoms with van der Waals surface area (Å²) in [6.45, 7) is 8.23. The van der Waals surface area contributed by atoms with Crippen molar-refractivity contribution in [2.24, 2.45) is 5.41 Å². The Morgan fingerprint density at radius 3 is 2.53 bits per heavy atom. The second-order valence-electron chi connectivity index (χ2n) is 5.26. The van der Waals surface area contributed by atoms with Crippen molar-refractivity contribution in [1.82, 2.24) is 15.5 Å². The molecule has 0 radical (unpaired) electrons. The van der Waals surface area contributed by atoms with Crippen molar-refractivity contribution in [2.75, 3.05) is 39.3 Å². The first-order valence-corrected chi connectivity index (χ1v) is 6.42. The largest absolute Gasteiger partial charge is 0.354 e. The first-order valence-electron chi connectivity index (χ1n) is 6.42. The molecule has 2 aliphatic rings. The minimum absolute atomic E-state index is 0. The van der Waals surface area contributed by atoms with Crippen LogP contribution in [-0.4, -0.2) is 50.1 Å². The molecular formula is C12H24ClN3O. The fraction of sp³-hybridized carbons (Fsp3) is 0.917. The van der Waals surface area contributed by atoms with E-state index in [1.807, 2.05) is 0 Å². The van der Waals surface area contributed by atoms with Crippen LogP contribution in [0.3, 0.4) is 0 Å². The van der Waals surface area contributed by atoms with Crippen molar-refractivity contribution >= 4 is 18.3 Å². The molecule has 0 atom stereocenters. The van der Waals surface area contributed by atoms with Crippen LogP contribution in [0, 0.1) is 5.41 Å². The Bertz CT molecular complexity index is 250. The van der Waals surface area contributed by atoms with E-state index in [4.69, 9.17) is 0 Å². The molecule has 2 rings (SSSR count). The number of amides is 1.